The van der Waals surface area contributed by atoms with Crippen LogP contribution in [0.1, 0.15) is 59.1 Å². The monoisotopic (exact) mass is 722 g/mol. The molecule has 0 saturated heterocycles. The molecule has 0 heterocycles. The summed E-state index contributed by atoms with van der Waals surface area (Å²) in [6, 6.07) is 32.1. The summed E-state index contributed by atoms with van der Waals surface area (Å²) in [5.74, 6) is 0.820. The van der Waals surface area contributed by atoms with Crippen molar-refractivity contribution in [3.8, 4) is 0 Å². The Labute approximate surface area is 331 Å². The lowest BCUT2D eigenvalue weighted by molar-refractivity contribution is 0.732. The molecule has 4 aromatic rings. The van der Waals surface area contributed by atoms with Crippen molar-refractivity contribution in [2.75, 3.05) is 9.80 Å². The summed E-state index contributed by atoms with van der Waals surface area (Å²) >= 11 is 0. The largest absolute Gasteiger partial charge is 0.314 e. The van der Waals surface area contributed by atoms with Crippen LogP contribution >= 0.6 is 0 Å². The maximum absolute atomic E-state index is 2.47. The van der Waals surface area contributed by atoms with Crippen molar-refractivity contribution in [2.45, 2.75) is 38.5 Å². The lowest BCUT2D eigenvalue weighted by Crippen LogP contribution is -2.21. The van der Waals surface area contributed by atoms with Crippen molar-refractivity contribution in [3.05, 3.63) is 226 Å². The molecule has 6 aliphatic carbocycles. The highest BCUT2D eigenvalue weighted by atomic mass is 15.2. The van der Waals surface area contributed by atoms with Crippen LogP contribution in [-0.2, 0) is 12.8 Å². The summed E-state index contributed by atoms with van der Waals surface area (Å²) in [4.78, 5) is 4.92. The molecule has 0 aliphatic heterocycles. The van der Waals surface area contributed by atoms with Gasteiger partial charge in [0.1, 0.15) is 0 Å². The van der Waals surface area contributed by atoms with Gasteiger partial charge in [0, 0.05) is 46.0 Å². The SMILES string of the molecule is C1=CC2=CC=C(N(c3ccc(/C=C/c4ccc(N(C5=CC=C6C=CC=CC6C5)c5ccc6c(c5)CCC=C6)cc4)cc3)c3ccc4c(c3)C=CCC4)CC2C=C1. The van der Waals surface area contributed by atoms with Crippen LogP contribution in [0.3, 0.4) is 0 Å². The zero-order valence-corrected chi connectivity index (χ0v) is 31.8. The molecule has 6 aliphatic rings. The minimum absolute atomic E-state index is 0.409. The predicted octanol–water partition coefficient (Wildman–Crippen LogP) is 14.0. The van der Waals surface area contributed by atoms with Crippen molar-refractivity contribution in [3.63, 3.8) is 0 Å². The maximum atomic E-state index is 2.47. The molecule has 56 heavy (non-hydrogen) atoms. The number of anilines is 4. The number of aryl methyl sites for hydroxylation is 2. The molecule has 2 heteroatoms. The number of benzene rings is 4. The lowest BCUT2D eigenvalue weighted by Gasteiger charge is -2.33. The molecule has 0 N–H and O–H groups in total. The van der Waals surface area contributed by atoms with Gasteiger partial charge in [-0.2, -0.15) is 0 Å². The Kier molecular flexibility index (Phi) is 9.17. The van der Waals surface area contributed by atoms with Crippen LogP contribution in [0.4, 0.5) is 22.7 Å². The van der Waals surface area contributed by atoms with Gasteiger partial charge in [-0.15, -0.1) is 0 Å². The number of hydrogen-bond donors (Lipinski definition) is 0. The first-order chi connectivity index (χ1) is 27.7. The summed E-state index contributed by atoms with van der Waals surface area (Å²) in [5, 5.41) is 0. The molecule has 0 saturated carbocycles. The molecular weight excluding hydrogens is 677 g/mol. The van der Waals surface area contributed by atoms with E-state index in [1.165, 1.54) is 78.7 Å². The fourth-order valence-corrected chi connectivity index (χ4v) is 8.97. The Hall–Kier alpha value is -6.38. The normalized spacial score (nSPS) is 20.0. The average Bonchev–Trinajstić information content (AvgIpc) is 3.26. The van der Waals surface area contributed by atoms with Crippen molar-refractivity contribution >= 4 is 47.1 Å². The van der Waals surface area contributed by atoms with Gasteiger partial charge in [-0.1, -0.05) is 134 Å². The quantitative estimate of drug-likeness (QED) is 0.167. The van der Waals surface area contributed by atoms with Gasteiger partial charge < -0.3 is 9.80 Å². The number of rotatable bonds is 8. The highest BCUT2D eigenvalue weighted by Gasteiger charge is 2.25. The van der Waals surface area contributed by atoms with Gasteiger partial charge in [-0.25, -0.2) is 0 Å². The Balaban J connectivity index is 0.919. The molecule has 2 atom stereocenters. The second-order valence-corrected chi connectivity index (χ2v) is 15.6. The van der Waals surface area contributed by atoms with Crippen LogP contribution in [0.25, 0.3) is 24.3 Å². The van der Waals surface area contributed by atoms with Crippen LogP contribution < -0.4 is 9.80 Å². The number of nitrogens with zero attached hydrogens (tertiary/aromatic N) is 2. The second kappa shape index (κ2) is 15.0. The first kappa shape index (κ1) is 34.1. The van der Waals surface area contributed by atoms with Gasteiger partial charge in [0.2, 0.25) is 0 Å². The van der Waals surface area contributed by atoms with E-state index in [2.05, 4.69) is 204 Å². The Morgan fingerprint density at radius 3 is 1.57 bits per heavy atom. The topological polar surface area (TPSA) is 6.48 Å². The van der Waals surface area contributed by atoms with Crippen LogP contribution in [0.15, 0.2) is 193 Å². The molecule has 272 valence electrons. The van der Waals surface area contributed by atoms with Gasteiger partial charge in [0.15, 0.2) is 0 Å². The third kappa shape index (κ3) is 6.88. The first-order valence-corrected chi connectivity index (χ1v) is 20.3. The fourth-order valence-electron chi connectivity index (χ4n) is 8.97. The van der Waals surface area contributed by atoms with Crippen LogP contribution in [0.5, 0.6) is 0 Å². The third-order valence-electron chi connectivity index (χ3n) is 12.0. The first-order valence-electron chi connectivity index (χ1n) is 20.3. The van der Waals surface area contributed by atoms with Crippen molar-refractivity contribution in [1.29, 1.82) is 0 Å². The van der Waals surface area contributed by atoms with E-state index in [-0.39, 0.29) is 0 Å². The van der Waals surface area contributed by atoms with E-state index >= 15 is 0 Å². The minimum atomic E-state index is 0.409. The number of hydrogen-bond acceptors (Lipinski definition) is 2. The fraction of sp³-hybridized carbons (Fsp3) is 0.148. The van der Waals surface area contributed by atoms with Gasteiger partial charge in [0.25, 0.3) is 0 Å². The molecule has 0 radical (unpaired) electrons. The molecule has 0 amide bonds. The smallest absolute Gasteiger partial charge is 0.0464 e. The van der Waals surface area contributed by atoms with E-state index in [1.807, 2.05) is 0 Å². The predicted molar refractivity (Wildman–Crippen MR) is 239 cm³/mol. The Morgan fingerprint density at radius 1 is 0.446 bits per heavy atom. The zero-order valence-electron chi connectivity index (χ0n) is 31.8. The molecular formula is C54H46N2. The number of fused-ring (bicyclic) bond motifs is 4. The van der Waals surface area contributed by atoms with Gasteiger partial charge in [0.05, 0.1) is 0 Å². The van der Waals surface area contributed by atoms with E-state index in [0.717, 1.165) is 38.5 Å². The molecule has 4 aromatic carbocycles. The van der Waals surface area contributed by atoms with Gasteiger partial charge in [-0.3, -0.25) is 0 Å². The zero-order chi connectivity index (χ0) is 37.3. The van der Waals surface area contributed by atoms with Crippen LogP contribution in [0, 0.1) is 11.8 Å². The summed E-state index contributed by atoms with van der Waals surface area (Å²) in [6.07, 6.45) is 47.0. The Bertz CT molecular complexity index is 2520. The molecule has 0 aromatic heterocycles. The maximum Gasteiger partial charge on any atom is 0.0464 e. The van der Waals surface area contributed by atoms with E-state index in [0.29, 0.717) is 11.8 Å². The number of allylic oxidation sites excluding steroid dienone is 18. The van der Waals surface area contributed by atoms with Gasteiger partial charge >= 0.3 is 0 Å². The van der Waals surface area contributed by atoms with E-state index in [9.17, 15) is 0 Å². The Morgan fingerprint density at radius 2 is 0.964 bits per heavy atom. The summed E-state index contributed by atoms with van der Waals surface area (Å²) in [7, 11) is 0. The van der Waals surface area contributed by atoms with Crippen LogP contribution in [0.2, 0.25) is 0 Å². The van der Waals surface area contributed by atoms with Crippen molar-refractivity contribution in [2.24, 2.45) is 11.8 Å². The molecule has 2 unspecified atom stereocenters. The van der Waals surface area contributed by atoms with E-state index in [4.69, 9.17) is 0 Å². The average molecular weight is 723 g/mol. The molecule has 0 bridgehead atoms. The summed E-state index contributed by atoms with van der Waals surface area (Å²) in [5.41, 5.74) is 18.1. The van der Waals surface area contributed by atoms with E-state index in [1.54, 1.807) is 0 Å². The van der Waals surface area contributed by atoms with Crippen molar-refractivity contribution < 1.29 is 0 Å². The minimum Gasteiger partial charge on any atom is -0.314 e. The highest BCUT2D eigenvalue weighted by Crippen LogP contribution is 2.41. The molecule has 2 nitrogen and oxygen atoms in total. The van der Waals surface area contributed by atoms with E-state index < -0.39 is 0 Å². The summed E-state index contributed by atoms with van der Waals surface area (Å²) < 4.78 is 0. The lowest BCUT2D eigenvalue weighted by atomic mass is 9.86. The standard InChI is InChI=1S/C54H46N2/c1-5-13-45-35-51(31-23-41(45)9-1)55(52-32-24-42-10-2-6-14-46(42)36-52)49-27-19-39(20-28-49)17-18-40-21-29-50(30-22-40)56(53-33-25-43-11-3-7-15-47(43)37-53)54-34-26-44-12-4-8-16-48(44)38-54/h1-3,5,7-11,13,15-34,36,38,45,47H,4,6,12,14,35,37H2/b18-17+. The van der Waals surface area contributed by atoms with Gasteiger partial charge in [-0.05, 0) is 144 Å². The third-order valence-corrected chi connectivity index (χ3v) is 12.0. The molecule has 0 spiro atoms. The highest BCUT2D eigenvalue weighted by molar-refractivity contribution is 5.78. The molecule has 0 fully saturated rings. The van der Waals surface area contributed by atoms with Crippen LogP contribution in [-0.4, -0.2) is 0 Å². The molecule has 10 rings (SSSR count). The van der Waals surface area contributed by atoms with Crippen molar-refractivity contribution in [1.82, 2.24) is 0 Å². The summed E-state index contributed by atoms with van der Waals surface area (Å²) in [6.45, 7) is 0. The second-order valence-electron chi connectivity index (χ2n) is 15.6.